The molecule has 5 rings (SSSR count). The third-order valence-corrected chi connectivity index (χ3v) is 12.2. The van der Waals surface area contributed by atoms with Crippen LogP contribution in [-0.2, 0) is 24.0 Å². The van der Waals surface area contributed by atoms with E-state index in [2.05, 4.69) is 49.0 Å². The lowest BCUT2D eigenvalue weighted by Crippen LogP contribution is -2.60. The number of piperidine rings is 2. The summed E-state index contributed by atoms with van der Waals surface area (Å²) >= 11 is 0. The number of carbonyl (C=O) groups is 6. The third kappa shape index (κ3) is 8.99. The van der Waals surface area contributed by atoms with Gasteiger partial charge in [-0.2, -0.15) is 0 Å². The van der Waals surface area contributed by atoms with Gasteiger partial charge in [0.2, 0.25) is 23.5 Å². The zero-order valence-electron chi connectivity index (χ0n) is 31.5. The minimum Gasteiger partial charge on any atom is -0.347 e. The van der Waals surface area contributed by atoms with E-state index in [9.17, 15) is 28.8 Å². The summed E-state index contributed by atoms with van der Waals surface area (Å²) in [6, 6.07) is -3.37. The second kappa shape index (κ2) is 14.8. The fourth-order valence-corrected chi connectivity index (χ4v) is 8.32. The van der Waals surface area contributed by atoms with Crippen molar-refractivity contribution in [1.82, 2.24) is 31.1 Å². The summed E-state index contributed by atoms with van der Waals surface area (Å²) in [5.41, 5.74) is -0.543. The Bertz CT molecular complexity index is 1340. The number of nitrogens with zero attached hydrogens (tertiary/aromatic N) is 2. The summed E-state index contributed by atoms with van der Waals surface area (Å²) in [4.78, 5) is 84.7. The van der Waals surface area contributed by atoms with Crippen molar-refractivity contribution in [2.24, 2.45) is 28.1 Å². The van der Waals surface area contributed by atoms with Crippen LogP contribution in [0.1, 0.15) is 126 Å². The lowest BCUT2D eigenvalue weighted by molar-refractivity contribution is -0.144. The van der Waals surface area contributed by atoms with Crippen LogP contribution in [0.4, 0.5) is 4.79 Å². The van der Waals surface area contributed by atoms with E-state index in [1.54, 1.807) is 4.90 Å². The Hall–Kier alpha value is -3.18. The van der Waals surface area contributed by atoms with Gasteiger partial charge in [0.25, 0.3) is 5.91 Å². The quantitative estimate of drug-likeness (QED) is 0.298. The van der Waals surface area contributed by atoms with E-state index in [0.29, 0.717) is 45.3 Å². The molecule has 5 aliphatic rings. The number of fused-ring (bicyclic) bond motifs is 3. The molecule has 12 nitrogen and oxygen atoms in total. The van der Waals surface area contributed by atoms with Crippen LogP contribution in [0.5, 0.6) is 0 Å². The van der Waals surface area contributed by atoms with Gasteiger partial charge in [-0.05, 0) is 60.2 Å². The molecule has 0 aromatic carbocycles. The number of nitrogens with one attached hydrogen (secondary N) is 4. The van der Waals surface area contributed by atoms with Crippen molar-refractivity contribution in [2.75, 3.05) is 19.6 Å². The molecule has 12 heteroatoms. The number of hydrogen-bond donors (Lipinski definition) is 4. The number of carbonyl (C=O) groups excluding carboxylic acids is 6. The Morgan fingerprint density at radius 3 is 2.16 bits per heavy atom. The van der Waals surface area contributed by atoms with E-state index in [4.69, 9.17) is 0 Å². The smallest absolute Gasteiger partial charge is 0.315 e. The highest BCUT2D eigenvalue weighted by Crippen LogP contribution is 2.65. The zero-order valence-corrected chi connectivity index (χ0v) is 31.5. The second-order valence-electron chi connectivity index (χ2n) is 18.3. The predicted molar refractivity (Wildman–Crippen MR) is 190 cm³/mol. The number of Topliss-reactive ketones (excluding diaryl/α,β-unsaturated/α-hetero) is 1. The van der Waals surface area contributed by atoms with Crippen LogP contribution in [0.15, 0.2) is 0 Å². The summed E-state index contributed by atoms with van der Waals surface area (Å²) in [5.74, 6) is -1.86. The average Bonchev–Trinajstić information content (AvgIpc) is 3.87. The third-order valence-electron chi connectivity index (χ3n) is 12.2. The first kappa shape index (κ1) is 38.1. The van der Waals surface area contributed by atoms with Gasteiger partial charge in [0.15, 0.2) is 0 Å². The number of likely N-dealkylation sites (tertiary alicyclic amines) is 1. The minimum absolute atomic E-state index is 0.0281. The molecule has 5 fully saturated rings. The van der Waals surface area contributed by atoms with Crippen LogP contribution in [-0.4, -0.2) is 95.1 Å². The lowest BCUT2D eigenvalue weighted by Gasteiger charge is -2.41. The minimum atomic E-state index is -0.948. The Morgan fingerprint density at radius 2 is 1.54 bits per heavy atom. The van der Waals surface area contributed by atoms with Crippen LogP contribution >= 0.6 is 0 Å². The van der Waals surface area contributed by atoms with Gasteiger partial charge in [0.1, 0.15) is 12.1 Å². The molecule has 0 unspecified atom stereocenters. The molecule has 2 saturated carbocycles. The summed E-state index contributed by atoms with van der Waals surface area (Å²) in [5, 5.41) is 11.8. The highest BCUT2D eigenvalue weighted by Gasteiger charge is 2.69. The molecule has 3 saturated heterocycles. The first-order chi connectivity index (χ1) is 23.4. The maximum Gasteiger partial charge on any atom is 0.315 e. The topological polar surface area (TPSA) is 157 Å². The van der Waals surface area contributed by atoms with Crippen molar-refractivity contribution >= 4 is 35.4 Å². The van der Waals surface area contributed by atoms with Gasteiger partial charge in [-0.3, -0.25) is 24.0 Å². The maximum atomic E-state index is 14.4. The van der Waals surface area contributed by atoms with Crippen molar-refractivity contribution < 1.29 is 28.8 Å². The molecular weight excluding hydrogens is 636 g/mol. The van der Waals surface area contributed by atoms with Crippen LogP contribution in [0, 0.1) is 28.1 Å². The maximum absolute atomic E-state index is 14.4. The lowest BCUT2D eigenvalue weighted by atomic mass is 9.81. The SMILES string of the molecule is CC1(C)CCN(C[C@@H](NC(=O)N[C@H]2CCCCCCCC[C@@H](C(=O)C(=O)NC3CC3)NC(=O)[C@@H]3[C@@H]4[C@H](CN3C2=O)C4(C)C)C(C)(C)C)C(=O)C1. The van der Waals surface area contributed by atoms with Crippen molar-refractivity contribution in [3.05, 3.63) is 0 Å². The van der Waals surface area contributed by atoms with E-state index in [1.165, 1.54) is 0 Å². The number of amides is 6. The zero-order chi connectivity index (χ0) is 36.6. The fourth-order valence-electron chi connectivity index (χ4n) is 8.32. The number of hydrogen-bond acceptors (Lipinski definition) is 6. The average molecular weight is 699 g/mol. The number of rotatable bonds is 7. The molecule has 3 heterocycles. The largest absolute Gasteiger partial charge is 0.347 e. The van der Waals surface area contributed by atoms with Crippen LogP contribution in [0.3, 0.4) is 0 Å². The first-order valence-corrected chi connectivity index (χ1v) is 19.2. The Kier molecular flexibility index (Phi) is 11.3. The van der Waals surface area contributed by atoms with Crippen molar-refractivity contribution in [1.29, 1.82) is 0 Å². The standard InChI is InChI=1S/C38H62N6O6/c1-36(2,3)27(22-43-19-18-37(4,5)20-28(43)45)42-35(50)41-26-15-13-11-9-8-10-12-14-25(31(46)33(48)39-23-16-17-23)40-32(47)30-29-24(38(29,6)7)21-44(30)34(26)49/h23-27,29-30H,8-22H2,1-7H3,(H,39,48)(H,40,47)(H2,41,42,50)/t24-,25-,26-,27+,29-,30-/m0/s1. The molecule has 0 spiro atoms. The van der Waals surface area contributed by atoms with E-state index < -0.39 is 41.8 Å². The van der Waals surface area contributed by atoms with Gasteiger partial charge in [0, 0.05) is 32.1 Å². The monoisotopic (exact) mass is 698 g/mol. The summed E-state index contributed by atoms with van der Waals surface area (Å²) in [6.07, 6.45) is 8.96. The Labute approximate surface area is 298 Å². The van der Waals surface area contributed by atoms with Gasteiger partial charge in [-0.1, -0.05) is 87.0 Å². The fraction of sp³-hybridized carbons (Fsp3) is 0.842. The summed E-state index contributed by atoms with van der Waals surface area (Å²) in [6.45, 7) is 15.9. The molecule has 6 amide bonds. The number of ketones is 1. The molecule has 3 aliphatic heterocycles. The van der Waals surface area contributed by atoms with Crippen LogP contribution in [0.2, 0.25) is 0 Å². The highest BCUT2D eigenvalue weighted by atomic mass is 16.2. The molecule has 0 aromatic rings. The molecule has 0 aromatic heterocycles. The van der Waals surface area contributed by atoms with Gasteiger partial charge in [0.05, 0.1) is 12.1 Å². The van der Waals surface area contributed by atoms with E-state index in [0.717, 1.165) is 51.4 Å². The normalized spacial score (nSPS) is 30.9. The van der Waals surface area contributed by atoms with E-state index in [-0.39, 0.29) is 52.0 Å². The highest BCUT2D eigenvalue weighted by molar-refractivity contribution is 6.38. The molecule has 4 N–H and O–H groups in total. The number of urea groups is 1. The Morgan fingerprint density at radius 1 is 0.900 bits per heavy atom. The van der Waals surface area contributed by atoms with Crippen LogP contribution in [0.25, 0.3) is 0 Å². The molecular formula is C38H62N6O6. The van der Waals surface area contributed by atoms with Crippen molar-refractivity contribution in [2.45, 2.75) is 156 Å². The summed E-state index contributed by atoms with van der Waals surface area (Å²) in [7, 11) is 0. The van der Waals surface area contributed by atoms with Crippen molar-refractivity contribution in [3.63, 3.8) is 0 Å². The second-order valence-corrected chi connectivity index (χ2v) is 18.3. The predicted octanol–water partition coefficient (Wildman–Crippen LogP) is 3.67. The van der Waals surface area contributed by atoms with Gasteiger partial charge in [-0.25, -0.2) is 4.79 Å². The van der Waals surface area contributed by atoms with Gasteiger partial charge >= 0.3 is 6.03 Å². The van der Waals surface area contributed by atoms with Crippen LogP contribution < -0.4 is 21.3 Å². The molecule has 50 heavy (non-hydrogen) atoms. The Balaban J connectivity index is 1.32. The molecule has 0 radical (unpaired) electrons. The van der Waals surface area contributed by atoms with E-state index >= 15 is 0 Å². The summed E-state index contributed by atoms with van der Waals surface area (Å²) < 4.78 is 0. The molecule has 2 aliphatic carbocycles. The molecule has 0 bridgehead atoms. The van der Waals surface area contributed by atoms with E-state index in [1.807, 2.05) is 25.7 Å². The van der Waals surface area contributed by atoms with Gasteiger partial charge in [-0.15, -0.1) is 0 Å². The van der Waals surface area contributed by atoms with Crippen molar-refractivity contribution in [3.8, 4) is 0 Å². The molecule has 280 valence electrons. The molecule has 6 atom stereocenters. The first-order valence-electron chi connectivity index (χ1n) is 19.2. The van der Waals surface area contributed by atoms with Gasteiger partial charge < -0.3 is 31.1 Å².